The first-order chi connectivity index (χ1) is 19.1. The lowest BCUT2D eigenvalue weighted by Crippen LogP contribution is -2.87. The van der Waals surface area contributed by atoms with E-state index in [1.807, 2.05) is 41.9 Å². The van der Waals surface area contributed by atoms with Gasteiger partial charge in [0.15, 0.2) is 0 Å². The fourth-order valence-corrected chi connectivity index (χ4v) is 4.48. The lowest BCUT2D eigenvalue weighted by Gasteiger charge is -2.31. The van der Waals surface area contributed by atoms with Crippen molar-refractivity contribution >= 4 is 29.2 Å². The van der Waals surface area contributed by atoms with Crippen LogP contribution in [0.5, 0.6) is 0 Å². The van der Waals surface area contributed by atoms with Gasteiger partial charge in [-0.1, -0.05) is 12.1 Å². The standard InChI is InChI=1S/C29H37N9O2/c1-19(2)34-25-13-15-37(26-11-10-23(17-31-26)38-20(3)12-14-33-38)18-24(25)27(30)28(39)32-16-21-6-8-22(9-7-21)35-29(40)36(4)5/h6-12,14,17,19,30,34H,13,15-16,18H2,1-5H3,(H,32,39)(H,35,40)/p+1. The van der Waals surface area contributed by atoms with Gasteiger partial charge in [0.05, 0.1) is 30.0 Å². The Kier molecular flexibility index (Phi) is 8.95. The summed E-state index contributed by atoms with van der Waals surface area (Å²) in [7, 11) is 3.35. The average Bonchev–Trinajstić information content (AvgIpc) is 3.37. The van der Waals surface area contributed by atoms with Crippen molar-refractivity contribution in [3.8, 4) is 5.69 Å². The van der Waals surface area contributed by atoms with Gasteiger partial charge in [-0.3, -0.25) is 10.2 Å². The Morgan fingerprint density at radius 2 is 1.88 bits per heavy atom. The van der Waals surface area contributed by atoms with Crippen LogP contribution in [0.2, 0.25) is 0 Å². The summed E-state index contributed by atoms with van der Waals surface area (Å²) in [6.45, 7) is 7.65. The number of rotatable bonds is 9. The number of benzene rings is 1. The van der Waals surface area contributed by atoms with Crippen LogP contribution in [0.4, 0.5) is 16.3 Å². The smallest absolute Gasteiger partial charge is 0.321 e. The minimum atomic E-state index is -0.422. The average molecular weight is 545 g/mol. The molecule has 1 aromatic carbocycles. The number of pyridine rings is 1. The maximum absolute atomic E-state index is 13.1. The van der Waals surface area contributed by atoms with Gasteiger partial charge in [-0.05, 0) is 56.7 Å². The molecule has 1 aliphatic rings. The summed E-state index contributed by atoms with van der Waals surface area (Å²) in [5.41, 5.74) is 5.17. The largest absolute Gasteiger partial charge is 0.351 e. The molecule has 0 fully saturated rings. The molecule has 0 unspecified atom stereocenters. The topological polar surface area (TPSA) is 136 Å². The summed E-state index contributed by atoms with van der Waals surface area (Å²) >= 11 is 0. The maximum atomic E-state index is 13.1. The number of amides is 3. The summed E-state index contributed by atoms with van der Waals surface area (Å²) in [5.74, 6) is 0.373. The van der Waals surface area contributed by atoms with E-state index in [0.29, 0.717) is 23.8 Å². The number of carbonyl (C=O) groups excluding carboxylic acids is 2. The Morgan fingerprint density at radius 3 is 2.48 bits per heavy atom. The third-order valence-electron chi connectivity index (χ3n) is 6.65. The molecule has 40 heavy (non-hydrogen) atoms. The molecule has 0 saturated carbocycles. The first-order valence-electron chi connectivity index (χ1n) is 13.4. The SMILES string of the molecule is Cc1ccnn1-c1ccc(N2CCC([NH2+]C(C)C)=C(C(=N)C(=O)NCc3ccc(NC(=O)N(C)C)cc3)C2)nc1. The highest BCUT2D eigenvalue weighted by Gasteiger charge is 2.29. The van der Waals surface area contributed by atoms with E-state index in [9.17, 15) is 9.59 Å². The van der Waals surface area contributed by atoms with E-state index >= 15 is 0 Å². The van der Waals surface area contributed by atoms with Crippen molar-refractivity contribution in [1.29, 1.82) is 5.41 Å². The molecule has 3 aromatic rings. The lowest BCUT2D eigenvalue weighted by molar-refractivity contribution is -0.639. The van der Waals surface area contributed by atoms with Crippen LogP contribution in [0.1, 0.15) is 31.5 Å². The first-order valence-corrected chi connectivity index (χ1v) is 13.4. The number of aryl methyl sites for hydroxylation is 1. The van der Waals surface area contributed by atoms with Crippen molar-refractivity contribution in [3.05, 3.63) is 77.4 Å². The first kappa shape index (κ1) is 28.5. The van der Waals surface area contributed by atoms with E-state index in [0.717, 1.165) is 41.4 Å². The molecule has 3 heterocycles. The third-order valence-corrected chi connectivity index (χ3v) is 6.65. The molecule has 3 amide bonds. The van der Waals surface area contributed by atoms with Gasteiger partial charge < -0.3 is 25.8 Å². The number of nitrogens with zero attached hydrogens (tertiary/aromatic N) is 5. The molecule has 1 aliphatic heterocycles. The monoisotopic (exact) mass is 544 g/mol. The second-order valence-corrected chi connectivity index (χ2v) is 10.4. The fraction of sp³-hybridized carbons (Fsp3) is 0.345. The number of carbonyl (C=O) groups is 2. The minimum Gasteiger partial charge on any atom is -0.351 e. The highest BCUT2D eigenvalue weighted by molar-refractivity contribution is 6.44. The summed E-state index contributed by atoms with van der Waals surface area (Å²) in [5, 5.41) is 20.9. The van der Waals surface area contributed by atoms with E-state index < -0.39 is 5.91 Å². The summed E-state index contributed by atoms with van der Waals surface area (Å²) in [4.78, 5) is 33.2. The second kappa shape index (κ2) is 12.6. The lowest BCUT2D eigenvalue weighted by atomic mass is 9.99. The predicted octanol–water partition coefficient (Wildman–Crippen LogP) is 2.44. The number of aromatic nitrogens is 3. The van der Waals surface area contributed by atoms with Crippen LogP contribution in [0.3, 0.4) is 0 Å². The van der Waals surface area contributed by atoms with Gasteiger partial charge in [0, 0.05) is 51.2 Å². The van der Waals surface area contributed by atoms with Crippen LogP contribution in [0, 0.1) is 12.3 Å². The van der Waals surface area contributed by atoms with Crippen molar-refractivity contribution in [1.82, 2.24) is 25.0 Å². The highest BCUT2D eigenvalue weighted by atomic mass is 16.2. The van der Waals surface area contributed by atoms with Crippen LogP contribution in [-0.2, 0) is 11.3 Å². The van der Waals surface area contributed by atoms with Gasteiger partial charge in [0.2, 0.25) is 0 Å². The number of urea groups is 1. The van der Waals surface area contributed by atoms with Crippen molar-refractivity contribution in [2.75, 3.05) is 37.4 Å². The number of nitrogens with one attached hydrogen (secondary N) is 3. The molecule has 4 rings (SSSR count). The van der Waals surface area contributed by atoms with E-state index in [1.54, 1.807) is 38.6 Å². The molecule has 0 bridgehead atoms. The Labute approximate surface area is 234 Å². The van der Waals surface area contributed by atoms with Gasteiger partial charge in [0.1, 0.15) is 17.2 Å². The number of nitrogens with two attached hydrogens (primary N) is 1. The van der Waals surface area contributed by atoms with Crippen LogP contribution in [0.25, 0.3) is 5.69 Å². The summed E-state index contributed by atoms with van der Waals surface area (Å²) in [6, 6.07) is 13.2. The molecular formula is C29H38N9O2+. The summed E-state index contributed by atoms with van der Waals surface area (Å²) in [6.07, 6.45) is 4.28. The van der Waals surface area contributed by atoms with E-state index in [1.165, 1.54) is 4.90 Å². The molecule has 5 N–H and O–H groups in total. The molecular weight excluding hydrogens is 506 g/mol. The Hall–Kier alpha value is -4.51. The third kappa shape index (κ3) is 6.92. The van der Waals surface area contributed by atoms with Crippen molar-refractivity contribution in [2.45, 2.75) is 39.8 Å². The second-order valence-electron chi connectivity index (χ2n) is 10.4. The molecule has 0 radical (unpaired) electrons. The quantitative estimate of drug-likeness (QED) is 0.307. The van der Waals surface area contributed by atoms with Gasteiger partial charge in [-0.25, -0.2) is 14.5 Å². The highest BCUT2D eigenvalue weighted by Crippen LogP contribution is 2.22. The summed E-state index contributed by atoms with van der Waals surface area (Å²) < 4.78 is 1.83. The molecule has 11 nitrogen and oxygen atoms in total. The maximum Gasteiger partial charge on any atom is 0.321 e. The number of hydrogen-bond acceptors (Lipinski definition) is 6. The molecule has 0 atom stereocenters. The molecule has 11 heteroatoms. The molecule has 0 spiro atoms. The van der Waals surface area contributed by atoms with Crippen molar-refractivity contribution in [2.24, 2.45) is 0 Å². The van der Waals surface area contributed by atoms with Crippen LogP contribution >= 0.6 is 0 Å². The van der Waals surface area contributed by atoms with E-state index in [-0.39, 0.29) is 18.3 Å². The van der Waals surface area contributed by atoms with Crippen LogP contribution < -0.4 is 20.9 Å². The normalized spacial score (nSPS) is 13.4. The van der Waals surface area contributed by atoms with Crippen LogP contribution in [-0.4, -0.2) is 70.5 Å². The zero-order valence-corrected chi connectivity index (χ0v) is 23.7. The van der Waals surface area contributed by atoms with Crippen molar-refractivity contribution < 1.29 is 14.9 Å². The molecule has 0 saturated heterocycles. The Bertz CT molecular complexity index is 1390. The zero-order valence-electron chi connectivity index (χ0n) is 23.7. The fourth-order valence-electron chi connectivity index (χ4n) is 4.48. The van der Waals surface area contributed by atoms with E-state index in [4.69, 9.17) is 5.41 Å². The predicted molar refractivity (Wildman–Crippen MR) is 156 cm³/mol. The van der Waals surface area contributed by atoms with Crippen molar-refractivity contribution in [3.63, 3.8) is 0 Å². The zero-order chi connectivity index (χ0) is 28.8. The van der Waals surface area contributed by atoms with Gasteiger partial charge in [0.25, 0.3) is 5.91 Å². The van der Waals surface area contributed by atoms with Gasteiger partial charge in [-0.2, -0.15) is 5.10 Å². The van der Waals surface area contributed by atoms with Gasteiger partial charge in [-0.15, -0.1) is 0 Å². The van der Waals surface area contributed by atoms with E-state index in [2.05, 4.69) is 44.8 Å². The van der Waals surface area contributed by atoms with Crippen LogP contribution in [0.15, 0.2) is 66.1 Å². The number of quaternary nitrogens is 1. The Morgan fingerprint density at radius 1 is 1.12 bits per heavy atom. The Balaban J connectivity index is 1.43. The minimum absolute atomic E-state index is 0.0322. The molecule has 0 aliphatic carbocycles. The number of anilines is 2. The molecule has 2 aromatic heterocycles. The van der Waals surface area contributed by atoms with Gasteiger partial charge >= 0.3 is 6.03 Å². The number of hydrogen-bond donors (Lipinski definition) is 4. The molecule has 210 valence electrons.